The van der Waals surface area contributed by atoms with Gasteiger partial charge in [0, 0.05) is 0 Å². The molecule has 0 bridgehead atoms. The van der Waals surface area contributed by atoms with Crippen molar-refractivity contribution in [3.05, 3.63) is 0 Å². The van der Waals surface area contributed by atoms with Crippen LogP contribution in [0.5, 0.6) is 0 Å². The molecular weight excluding hydrogens is 172 g/mol. The fraction of sp³-hybridized carbons (Fsp3) is 1.00. The van der Waals surface area contributed by atoms with Gasteiger partial charge >= 0.3 is 0 Å². The van der Waals surface area contributed by atoms with E-state index in [4.69, 9.17) is 20.4 Å². The maximum atomic E-state index is 8.50. The topological polar surface area (TPSA) is 80.9 Å². The van der Waals surface area contributed by atoms with Crippen LogP contribution in [0.3, 0.4) is 0 Å². The van der Waals surface area contributed by atoms with Crippen molar-refractivity contribution in [1.29, 1.82) is 0 Å². The van der Waals surface area contributed by atoms with Gasteiger partial charge in [0.15, 0.2) is 0 Å². The van der Waals surface area contributed by atoms with Crippen molar-refractivity contribution in [2.24, 2.45) is 5.41 Å². The molecule has 0 aliphatic heterocycles. The highest BCUT2D eigenvalue weighted by atomic mass is 16.3. The van der Waals surface area contributed by atoms with E-state index in [-0.39, 0.29) is 0 Å². The first-order valence-electron chi connectivity index (χ1n) is 4.59. The number of unbranched alkanes of at least 4 members (excludes halogenated alkanes) is 1. The van der Waals surface area contributed by atoms with Gasteiger partial charge in [-0.3, -0.25) is 0 Å². The first kappa shape index (κ1) is 15.3. The minimum absolute atomic E-state index is 0.406. The van der Waals surface area contributed by atoms with Crippen LogP contribution >= 0.6 is 0 Å². The molecule has 13 heavy (non-hydrogen) atoms. The Balaban J connectivity index is 0. The van der Waals surface area contributed by atoms with Crippen LogP contribution in [0.1, 0.15) is 26.7 Å². The lowest BCUT2D eigenvalue weighted by Crippen LogP contribution is -2.37. The van der Waals surface area contributed by atoms with E-state index in [1.165, 1.54) is 12.8 Å². The molecule has 0 atom stereocenters. The van der Waals surface area contributed by atoms with Crippen molar-refractivity contribution in [2.75, 3.05) is 26.4 Å². The molecule has 0 aromatic heterocycles. The first-order chi connectivity index (χ1) is 6.16. The molecule has 0 aliphatic rings. The lowest BCUT2D eigenvalue weighted by molar-refractivity contribution is -0.0328. The van der Waals surface area contributed by atoms with Gasteiger partial charge < -0.3 is 20.4 Å². The summed E-state index contributed by atoms with van der Waals surface area (Å²) in [4.78, 5) is 0. The van der Waals surface area contributed by atoms with Crippen LogP contribution in [-0.2, 0) is 0 Å². The summed E-state index contributed by atoms with van der Waals surface area (Å²) in [6, 6.07) is 0. The average Bonchev–Trinajstić information content (AvgIpc) is 2.23. The summed E-state index contributed by atoms with van der Waals surface area (Å²) in [5.74, 6) is 0. The molecule has 0 saturated carbocycles. The van der Waals surface area contributed by atoms with Gasteiger partial charge in [-0.2, -0.15) is 0 Å². The number of hydrogen-bond acceptors (Lipinski definition) is 4. The molecule has 4 heteroatoms. The number of hydrogen-bond donors (Lipinski definition) is 4. The van der Waals surface area contributed by atoms with Crippen molar-refractivity contribution in [1.82, 2.24) is 0 Å². The zero-order chi connectivity index (χ0) is 10.7. The molecule has 0 saturated heterocycles. The van der Waals surface area contributed by atoms with Crippen molar-refractivity contribution in [3.63, 3.8) is 0 Å². The van der Waals surface area contributed by atoms with Crippen LogP contribution in [0.4, 0.5) is 0 Å². The first-order valence-corrected chi connectivity index (χ1v) is 4.59. The van der Waals surface area contributed by atoms with Crippen LogP contribution in [0.2, 0.25) is 0 Å². The molecule has 82 valence electrons. The molecule has 0 rings (SSSR count). The normalized spacial score (nSPS) is 10.6. The van der Waals surface area contributed by atoms with Gasteiger partial charge in [0.1, 0.15) is 0 Å². The van der Waals surface area contributed by atoms with Gasteiger partial charge in [0.25, 0.3) is 0 Å². The van der Waals surface area contributed by atoms with Gasteiger partial charge in [-0.15, -0.1) is 0 Å². The second-order valence-corrected chi connectivity index (χ2v) is 3.13. The summed E-state index contributed by atoms with van der Waals surface area (Å²) in [6.45, 7) is 2.74. The Morgan fingerprint density at radius 2 is 0.923 bits per heavy atom. The van der Waals surface area contributed by atoms with Crippen LogP contribution < -0.4 is 0 Å². The Morgan fingerprint density at radius 3 is 0.923 bits per heavy atom. The third-order valence-corrected chi connectivity index (χ3v) is 1.84. The molecule has 0 aliphatic carbocycles. The summed E-state index contributed by atoms with van der Waals surface area (Å²) in [5.41, 5.74) is -1.11. The molecule has 0 spiro atoms. The van der Waals surface area contributed by atoms with Gasteiger partial charge in [-0.1, -0.05) is 26.7 Å². The lowest BCUT2D eigenvalue weighted by atomic mass is 9.93. The molecule has 0 radical (unpaired) electrons. The molecular formula is C9H22O4. The van der Waals surface area contributed by atoms with E-state index in [0.717, 1.165) is 0 Å². The molecule has 4 nitrogen and oxygen atoms in total. The minimum Gasteiger partial charge on any atom is -0.396 e. The molecule has 0 amide bonds. The third kappa shape index (κ3) is 6.95. The second-order valence-electron chi connectivity index (χ2n) is 3.13. The predicted octanol–water partition coefficient (Wildman–Crippen LogP) is -0.252. The highest BCUT2D eigenvalue weighted by Gasteiger charge is 2.26. The van der Waals surface area contributed by atoms with Crippen molar-refractivity contribution < 1.29 is 20.4 Å². The summed E-state index contributed by atoms with van der Waals surface area (Å²) >= 11 is 0. The largest absolute Gasteiger partial charge is 0.396 e. The summed E-state index contributed by atoms with van der Waals surface area (Å²) in [5, 5.41) is 34.0. The van der Waals surface area contributed by atoms with E-state index >= 15 is 0 Å². The maximum Gasteiger partial charge on any atom is 0.0627 e. The van der Waals surface area contributed by atoms with Crippen molar-refractivity contribution in [2.45, 2.75) is 26.7 Å². The zero-order valence-electron chi connectivity index (χ0n) is 8.53. The number of rotatable bonds is 5. The second kappa shape index (κ2) is 9.92. The SMILES string of the molecule is CCCC.OCC(CO)(CO)CO. The van der Waals surface area contributed by atoms with Crippen LogP contribution in [-0.4, -0.2) is 46.9 Å². The van der Waals surface area contributed by atoms with Crippen LogP contribution in [0.25, 0.3) is 0 Å². The van der Waals surface area contributed by atoms with Gasteiger partial charge in [0.2, 0.25) is 0 Å². The Bertz CT molecular complexity index is 72.1. The Labute approximate surface area is 79.8 Å². The molecule has 0 unspecified atom stereocenters. The summed E-state index contributed by atoms with van der Waals surface area (Å²) < 4.78 is 0. The van der Waals surface area contributed by atoms with Gasteiger partial charge in [-0.25, -0.2) is 0 Å². The standard InChI is InChI=1S/C5H12O4.C4H10/c6-1-5(2-7,3-8)4-9;1-3-4-2/h6-9H,1-4H2;3-4H2,1-2H3. The number of aliphatic hydroxyl groups excluding tert-OH is 4. The lowest BCUT2D eigenvalue weighted by Gasteiger charge is -2.23. The van der Waals surface area contributed by atoms with Crippen LogP contribution in [0, 0.1) is 5.41 Å². The highest BCUT2D eigenvalue weighted by Crippen LogP contribution is 2.11. The molecule has 0 heterocycles. The zero-order valence-corrected chi connectivity index (χ0v) is 8.53. The maximum absolute atomic E-state index is 8.50. The van der Waals surface area contributed by atoms with E-state index in [0.29, 0.717) is 0 Å². The fourth-order valence-corrected chi connectivity index (χ4v) is 0.300. The van der Waals surface area contributed by atoms with Gasteiger partial charge in [0.05, 0.1) is 31.8 Å². The summed E-state index contributed by atoms with van der Waals surface area (Å²) in [6.07, 6.45) is 2.64. The van der Waals surface area contributed by atoms with E-state index < -0.39 is 31.8 Å². The highest BCUT2D eigenvalue weighted by molar-refractivity contribution is 4.74. The molecule has 0 aromatic rings. The molecule has 4 N–H and O–H groups in total. The minimum atomic E-state index is -1.11. The van der Waals surface area contributed by atoms with E-state index in [1.807, 2.05) is 0 Å². The molecule has 0 fully saturated rings. The molecule has 0 aromatic carbocycles. The smallest absolute Gasteiger partial charge is 0.0627 e. The van der Waals surface area contributed by atoms with Gasteiger partial charge in [-0.05, 0) is 0 Å². The van der Waals surface area contributed by atoms with E-state index in [9.17, 15) is 0 Å². The van der Waals surface area contributed by atoms with Crippen LogP contribution in [0.15, 0.2) is 0 Å². The Morgan fingerprint density at radius 1 is 0.692 bits per heavy atom. The van der Waals surface area contributed by atoms with E-state index in [1.54, 1.807) is 0 Å². The van der Waals surface area contributed by atoms with Crippen molar-refractivity contribution in [3.8, 4) is 0 Å². The average molecular weight is 194 g/mol. The third-order valence-electron chi connectivity index (χ3n) is 1.84. The Hall–Kier alpha value is -0.160. The van der Waals surface area contributed by atoms with Crippen molar-refractivity contribution >= 4 is 0 Å². The Kier molecular flexibility index (Phi) is 11.7. The van der Waals surface area contributed by atoms with E-state index in [2.05, 4.69) is 13.8 Å². The predicted molar refractivity (Wildman–Crippen MR) is 51.4 cm³/mol. The fourth-order valence-electron chi connectivity index (χ4n) is 0.300. The number of aliphatic hydroxyl groups is 4. The summed E-state index contributed by atoms with van der Waals surface area (Å²) in [7, 11) is 0. The monoisotopic (exact) mass is 194 g/mol. The quantitative estimate of drug-likeness (QED) is 0.486.